The molecule has 0 bridgehead atoms. The van der Waals surface area contributed by atoms with Gasteiger partial charge in [0.15, 0.2) is 12.1 Å². The monoisotopic (exact) mass is 651 g/mol. The fourth-order valence-corrected chi connectivity index (χ4v) is 5.95. The van der Waals surface area contributed by atoms with Gasteiger partial charge in [0.05, 0.1) is 25.4 Å². The minimum Gasteiger partial charge on any atom is -0.379 e. The molecule has 9 heteroatoms. The van der Waals surface area contributed by atoms with E-state index in [4.69, 9.17) is 43.6 Å². The lowest BCUT2D eigenvalue weighted by molar-refractivity contribution is -0.325. The van der Waals surface area contributed by atoms with Crippen LogP contribution in [0.5, 0.6) is 0 Å². The van der Waals surface area contributed by atoms with Gasteiger partial charge < -0.3 is 43.6 Å². The molecular formula is C37H65NO8. The molecule has 8 atom stereocenters. The van der Waals surface area contributed by atoms with Crippen LogP contribution in [0.2, 0.25) is 0 Å². The van der Waals surface area contributed by atoms with Crippen LogP contribution in [0, 0.1) is 0 Å². The number of ether oxygens (including phenoxy) is 8. The molecule has 2 saturated heterocycles. The van der Waals surface area contributed by atoms with Crippen molar-refractivity contribution in [3.63, 3.8) is 0 Å². The number of nitrogens with two attached hydrogens (primary N) is 1. The van der Waals surface area contributed by atoms with Crippen molar-refractivity contribution in [2.75, 3.05) is 39.6 Å². The van der Waals surface area contributed by atoms with Gasteiger partial charge in [-0.2, -0.15) is 0 Å². The van der Waals surface area contributed by atoms with Gasteiger partial charge in [-0.25, -0.2) is 0 Å². The number of unbranched alkanes of at least 4 members (excludes halogenated alkanes) is 4. The number of benzene rings is 1. The fourth-order valence-electron chi connectivity index (χ4n) is 5.95. The van der Waals surface area contributed by atoms with E-state index < -0.39 is 24.2 Å². The van der Waals surface area contributed by atoms with E-state index in [1.54, 1.807) is 0 Å². The van der Waals surface area contributed by atoms with Gasteiger partial charge in [-0.3, -0.25) is 0 Å². The van der Waals surface area contributed by atoms with Crippen molar-refractivity contribution in [2.24, 2.45) is 5.73 Å². The Labute approximate surface area is 279 Å². The first-order valence-corrected chi connectivity index (χ1v) is 18.2. The minimum absolute atomic E-state index is 0.154. The smallest absolute Gasteiger partial charge is 0.186 e. The summed E-state index contributed by atoms with van der Waals surface area (Å²) in [5.74, 6) is -0.723. The van der Waals surface area contributed by atoms with Crippen LogP contribution in [0.15, 0.2) is 30.3 Å². The molecule has 266 valence electrons. The molecule has 9 nitrogen and oxygen atoms in total. The van der Waals surface area contributed by atoms with Crippen LogP contribution in [-0.4, -0.2) is 94.4 Å². The van der Waals surface area contributed by atoms with Crippen LogP contribution in [0.3, 0.4) is 0 Å². The highest BCUT2D eigenvalue weighted by atomic mass is 16.8. The van der Waals surface area contributed by atoms with Crippen LogP contribution in [0.1, 0.15) is 105 Å². The van der Waals surface area contributed by atoms with Gasteiger partial charge >= 0.3 is 0 Å². The summed E-state index contributed by atoms with van der Waals surface area (Å²) in [6.45, 7) is 15.6. The largest absolute Gasteiger partial charge is 0.379 e. The predicted molar refractivity (Wildman–Crippen MR) is 181 cm³/mol. The maximum Gasteiger partial charge on any atom is 0.186 e. The zero-order valence-corrected chi connectivity index (χ0v) is 29.7. The Kier molecular flexibility index (Phi) is 18.6. The van der Waals surface area contributed by atoms with Gasteiger partial charge in [0.25, 0.3) is 0 Å². The van der Waals surface area contributed by atoms with E-state index in [9.17, 15) is 0 Å². The molecule has 3 rings (SSSR count). The predicted octanol–water partition coefficient (Wildman–Crippen LogP) is 6.58. The first-order valence-electron chi connectivity index (χ1n) is 18.2. The first-order chi connectivity index (χ1) is 22.3. The molecule has 2 N–H and O–H groups in total. The standard InChI is InChI=1S/C37H65NO8/c1-7-11-22-39-27-31-33(40-23-12-8-2)34(41-24-13-9-3)35(42-25-14-10-4)36(44-31)43-26-29(38)32-30(45-37(5,6)46-32)21-20-28-18-16-15-17-19-28/h15-19,29-36H,7-14,20-27,38H2,1-6H3/t29-,30+,31?,32-,33?,34?,35?,36?/m0/s1. The van der Waals surface area contributed by atoms with E-state index in [2.05, 4.69) is 52.0 Å². The lowest BCUT2D eigenvalue weighted by Crippen LogP contribution is -2.62. The first kappa shape index (κ1) is 39.3. The Morgan fingerprint density at radius 3 is 1.93 bits per heavy atom. The van der Waals surface area contributed by atoms with E-state index in [1.807, 2.05) is 19.9 Å². The van der Waals surface area contributed by atoms with Crippen molar-refractivity contribution >= 4 is 0 Å². The van der Waals surface area contributed by atoms with E-state index in [-0.39, 0.29) is 37.1 Å². The van der Waals surface area contributed by atoms with Crippen LogP contribution >= 0.6 is 0 Å². The van der Waals surface area contributed by atoms with Crippen molar-refractivity contribution in [3.8, 4) is 0 Å². The molecule has 46 heavy (non-hydrogen) atoms. The van der Waals surface area contributed by atoms with E-state index in [1.165, 1.54) is 5.56 Å². The summed E-state index contributed by atoms with van der Waals surface area (Å²) in [6, 6.07) is 10.0. The molecule has 2 aliphatic heterocycles. The van der Waals surface area contributed by atoms with E-state index >= 15 is 0 Å². The third-order valence-electron chi connectivity index (χ3n) is 8.60. The average Bonchev–Trinajstić information content (AvgIpc) is 3.37. The molecule has 0 radical (unpaired) electrons. The number of aryl methyl sites for hydroxylation is 1. The topological polar surface area (TPSA) is 99.9 Å². The minimum atomic E-state index is -0.723. The van der Waals surface area contributed by atoms with Crippen molar-refractivity contribution < 1.29 is 37.9 Å². The molecule has 1 aromatic rings. The van der Waals surface area contributed by atoms with Gasteiger partial charge in [0, 0.05) is 26.4 Å². The van der Waals surface area contributed by atoms with Crippen LogP contribution in [0.25, 0.3) is 0 Å². The molecule has 1 aromatic carbocycles. The number of hydrogen-bond donors (Lipinski definition) is 1. The summed E-state index contributed by atoms with van der Waals surface area (Å²) < 4.78 is 51.6. The molecule has 0 saturated carbocycles. The van der Waals surface area contributed by atoms with Crippen molar-refractivity contribution in [1.82, 2.24) is 0 Å². The normalized spacial score (nSPS) is 28.5. The molecule has 2 heterocycles. The SMILES string of the molecule is CCCCOCC1OC(OC[C@H](N)[C@@H]2OC(C)(C)O[C@@H]2CCc2ccccc2)C(OCCCC)C(OCCCC)C1OCCCC. The lowest BCUT2D eigenvalue weighted by Gasteiger charge is -2.46. The van der Waals surface area contributed by atoms with Crippen molar-refractivity contribution in [1.29, 1.82) is 0 Å². The van der Waals surface area contributed by atoms with E-state index in [0.717, 1.165) is 64.2 Å². The average molecular weight is 652 g/mol. The van der Waals surface area contributed by atoms with Gasteiger partial charge in [0.1, 0.15) is 30.5 Å². The van der Waals surface area contributed by atoms with Crippen LogP contribution in [0.4, 0.5) is 0 Å². The lowest BCUT2D eigenvalue weighted by atomic mass is 9.97. The molecule has 0 spiro atoms. The van der Waals surface area contributed by atoms with Gasteiger partial charge in [-0.1, -0.05) is 83.7 Å². The summed E-state index contributed by atoms with van der Waals surface area (Å²) >= 11 is 0. The molecule has 0 amide bonds. The second-order valence-corrected chi connectivity index (χ2v) is 13.2. The quantitative estimate of drug-likeness (QED) is 0.124. The maximum atomic E-state index is 6.83. The van der Waals surface area contributed by atoms with Crippen LogP contribution in [-0.2, 0) is 44.3 Å². The second kappa shape index (κ2) is 21.8. The maximum absolute atomic E-state index is 6.83. The highest BCUT2D eigenvalue weighted by Gasteiger charge is 2.50. The molecule has 2 aliphatic rings. The van der Waals surface area contributed by atoms with E-state index in [0.29, 0.717) is 33.0 Å². The van der Waals surface area contributed by atoms with Crippen molar-refractivity contribution in [3.05, 3.63) is 35.9 Å². The Morgan fingerprint density at radius 2 is 1.30 bits per heavy atom. The molecule has 0 aromatic heterocycles. The Bertz CT molecular complexity index is 905. The Morgan fingerprint density at radius 1 is 0.717 bits per heavy atom. The number of hydrogen-bond acceptors (Lipinski definition) is 9. The molecule has 0 aliphatic carbocycles. The molecule has 5 unspecified atom stereocenters. The van der Waals surface area contributed by atoms with Crippen LogP contribution < -0.4 is 5.73 Å². The Balaban J connectivity index is 1.77. The zero-order chi connectivity index (χ0) is 33.2. The third kappa shape index (κ3) is 13.1. The summed E-state index contributed by atoms with van der Waals surface area (Å²) in [5, 5.41) is 0. The highest BCUT2D eigenvalue weighted by Crippen LogP contribution is 2.34. The zero-order valence-electron chi connectivity index (χ0n) is 29.7. The fraction of sp³-hybridized carbons (Fsp3) is 0.838. The second-order valence-electron chi connectivity index (χ2n) is 13.2. The summed E-state index contributed by atoms with van der Waals surface area (Å²) in [5.41, 5.74) is 8.09. The van der Waals surface area contributed by atoms with Gasteiger partial charge in [-0.05, 0) is 57.9 Å². The summed E-state index contributed by atoms with van der Waals surface area (Å²) in [6.07, 6.45) is 6.99. The van der Waals surface area contributed by atoms with Gasteiger partial charge in [0.2, 0.25) is 0 Å². The summed E-state index contributed by atoms with van der Waals surface area (Å²) in [4.78, 5) is 0. The van der Waals surface area contributed by atoms with Crippen molar-refractivity contribution in [2.45, 2.75) is 160 Å². The summed E-state index contributed by atoms with van der Waals surface area (Å²) in [7, 11) is 0. The Hall–Kier alpha value is -1.14. The number of rotatable bonds is 24. The van der Waals surface area contributed by atoms with Gasteiger partial charge in [-0.15, -0.1) is 0 Å². The highest BCUT2D eigenvalue weighted by molar-refractivity contribution is 5.15. The molecule has 2 fully saturated rings. The third-order valence-corrected chi connectivity index (χ3v) is 8.60. The molecular weight excluding hydrogens is 586 g/mol.